The van der Waals surface area contributed by atoms with E-state index in [0.717, 1.165) is 24.6 Å². The van der Waals surface area contributed by atoms with Crippen LogP contribution < -0.4 is 5.73 Å². The predicted molar refractivity (Wildman–Crippen MR) is 64.9 cm³/mol. The highest BCUT2D eigenvalue weighted by atomic mass is 32.1. The molecule has 2 aromatic rings. The molecule has 0 aliphatic carbocycles. The SMILES string of the molecule is CN(Cc1csc(N)n1)Cc1nccn1C. The summed E-state index contributed by atoms with van der Waals surface area (Å²) in [7, 11) is 4.04. The Morgan fingerprint density at radius 3 is 2.88 bits per heavy atom. The molecule has 0 saturated carbocycles. The Balaban J connectivity index is 1.94. The molecular weight excluding hydrogens is 222 g/mol. The van der Waals surface area contributed by atoms with Crippen LogP contribution >= 0.6 is 11.3 Å². The predicted octanol–water partition coefficient (Wildman–Crippen LogP) is 1.09. The molecule has 2 aromatic heterocycles. The number of thiazole rings is 1. The van der Waals surface area contributed by atoms with Crippen LogP contribution in [0.1, 0.15) is 11.5 Å². The molecule has 2 N–H and O–H groups in total. The molecule has 0 bridgehead atoms. The first kappa shape index (κ1) is 11.1. The number of imidazole rings is 1. The summed E-state index contributed by atoms with van der Waals surface area (Å²) in [5.74, 6) is 1.05. The van der Waals surface area contributed by atoms with Crippen molar-refractivity contribution in [1.82, 2.24) is 19.4 Å². The normalized spacial score (nSPS) is 11.2. The number of aryl methyl sites for hydroxylation is 1. The molecule has 5 nitrogen and oxygen atoms in total. The van der Waals surface area contributed by atoms with Crippen LogP contribution in [-0.4, -0.2) is 26.5 Å². The third-order valence-corrected chi connectivity index (χ3v) is 3.06. The van der Waals surface area contributed by atoms with Crippen molar-refractivity contribution in [3.8, 4) is 0 Å². The van der Waals surface area contributed by atoms with Gasteiger partial charge in [0.05, 0.1) is 12.2 Å². The zero-order valence-electron chi connectivity index (χ0n) is 9.42. The summed E-state index contributed by atoms with van der Waals surface area (Å²) < 4.78 is 2.02. The third kappa shape index (κ3) is 2.59. The lowest BCUT2D eigenvalue weighted by Gasteiger charge is -2.14. The second-order valence-electron chi connectivity index (χ2n) is 3.80. The Morgan fingerprint density at radius 1 is 1.50 bits per heavy atom. The number of anilines is 1. The summed E-state index contributed by atoms with van der Waals surface area (Å²) >= 11 is 1.48. The fourth-order valence-electron chi connectivity index (χ4n) is 1.52. The van der Waals surface area contributed by atoms with E-state index >= 15 is 0 Å². The summed E-state index contributed by atoms with van der Waals surface area (Å²) in [5, 5.41) is 2.62. The molecule has 0 aliphatic rings. The fourth-order valence-corrected chi connectivity index (χ4v) is 2.07. The number of nitrogens with two attached hydrogens (primary N) is 1. The van der Waals surface area contributed by atoms with Crippen molar-refractivity contribution in [2.24, 2.45) is 7.05 Å². The molecule has 0 aliphatic heterocycles. The first-order valence-electron chi connectivity index (χ1n) is 5.00. The van der Waals surface area contributed by atoms with Crippen LogP contribution in [0, 0.1) is 0 Å². The highest BCUT2D eigenvalue weighted by Crippen LogP contribution is 2.13. The molecule has 0 fully saturated rings. The summed E-state index contributed by atoms with van der Waals surface area (Å²) in [6, 6.07) is 0. The van der Waals surface area contributed by atoms with E-state index in [0.29, 0.717) is 5.13 Å². The molecule has 6 heteroatoms. The standard InChI is InChI=1S/C10H15N5S/c1-14(5-8-7-16-10(11)13-8)6-9-12-3-4-15(9)2/h3-4,7H,5-6H2,1-2H3,(H2,11,13). The molecule has 0 radical (unpaired) electrons. The van der Waals surface area contributed by atoms with Gasteiger partial charge in [0, 0.05) is 31.4 Å². The molecule has 2 rings (SSSR count). The van der Waals surface area contributed by atoms with Crippen LogP contribution in [0.25, 0.3) is 0 Å². The monoisotopic (exact) mass is 237 g/mol. The maximum absolute atomic E-state index is 5.59. The lowest BCUT2D eigenvalue weighted by Crippen LogP contribution is -2.19. The zero-order chi connectivity index (χ0) is 11.5. The lowest BCUT2D eigenvalue weighted by atomic mass is 10.4. The Morgan fingerprint density at radius 2 is 2.31 bits per heavy atom. The van der Waals surface area contributed by atoms with Crippen molar-refractivity contribution in [2.45, 2.75) is 13.1 Å². The minimum absolute atomic E-state index is 0.625. The van der Waals surface area contributed by atoms with E-state index in [1.807, 2.05) is 36.4 Å². The highest BCUT2D eigenvalue weighted by molar-refractivity contribution is 7.13. The second kappa shape index (κ2) is 4.63. The van der Waals surface area contributed by atoms with Gasteiger partial charge in [-0.3, -0.25) is 4.90 Å². The topological polar surface area (TPSA) is 60.0 Å². The van der Waals surface area contributed by atoms with Crippen molar-refractivity contribution in [3.05, 3.63) is 29.3 Å². The molecule has 0 spiro atoms. The number of rotatable bonds is 4. The first-order chi connectivity index (χ1) is 7.65. The van der Waals surface area contributed by atoms with Gasteiger partial charge >= 0.3 is 0 Å². The average Bonchev–Trinajstić information content (AvgIpc) is 2.77. The highest BCUT2D eigenvalue weighted by Gasteiger charge is 2.07. The van der Waals surface area contributed by atoms with E-state index in [1.165, 1.54) is 11.3 Å². The van der Waals surface area contributed by atoms with Gasteiger partial charge in [-0.05, 0) is 7.05 Å². The Labute approximate surface area is 98.5 Å². The number of nitrogens with zero attached hydrogens (tertiary/aromatic N) is 4. The number of hydrogen-bond donors (Lipinski definition) is 1. The fraction of sp³-hybridized carbons (Fsp3) is 0.400. The average molecular weight is 237 g/mol. The van der Waals surface area contributed by atoms with Gasteiger partial charge < -0.3 is 10.3 Å². The van der Waals surface area contributed by atoms with Gasteiger partial charge in [-0.25, -0.2) is 9.97 Å². The van der Waals surface area contributed by atoms with Crippen molar-refractivity contribution in [3.63, 3.8) is 0 Å². The summed E-state index contributed by atoms with van der Waals surface area (Å²) in [6.45, 7) is 1.60. The number of hydrogen-bond acceptors (Lipinski definition) is 5. The quantitative estimate of drug-likeness (QED) is 0.864. The van der Waals surface area contributed by atoms with Gasteiger partial charge in [-0.2, -0.15) is 0 Å². The maximum Gasteiger partial charge on any atom is 0.180 e. The van der Waals surface area contributed by atoms with Crippen LogP contribution in [-0.2, 0) is 20.1 Å². The zero-order valence-corrected chi connectivity index (χ0v) is 10.2. The van der Waals surface area contributed by atoms with Crippen molar-refractivity contribution < 1.29 is 0 Å². The minimum atomic E-state index is 0.625. The van der Waals surface area contributed by atoms with E-state index in [1.54, 1.807) is 0 Å². The molecular formula is C10H15N5S. The van der Waals surface area contributed by atoms with Gasteiger partial charge in [0.2, 0.25) is 0 Å². The summed E-state index contributed by atoms with van der Waals surface area (Å²) in [5.41, 5.74) is 6.60. The largest absolute Gasteiger partial charge is 0.375 e. The van der Waals surface area contributed by atoms with Crippen molar-refractivity contribution in [2.75, 3.05) is 12.8 Å². The van der Waals surface area contributed by atoms with Crippen LogP contribution in [0.3, 0.4) is 0 Å². The molecule has 0 atom stereocenters. The Bertz CT molecular complexity index is 461. The van der Waals surface area contributed by atoms with E-state index in [4.69, 9.17) is 5.73 Å². The third-order valence-electron chi connectivity index (χ3n) is 2.33. The molecule has 2 heterocycles. The van der Waals surface area contributed by atoms with Crippen LogP contribution in [0.15, 0.2) is 17.8 Å². The van der Waals surface area contributed by atoms with Crippen LogP contribution in [0.5, 0.6) is 0 Å². The van der Waals surface area contributed by atoms with Gasteiger partial charge in [-0.1, -0.05) is 0 Å². The molecule has 86 valence electrons. The van der Waals surface area contributed by atoms with Crippen LogP contribution in [0.2, 0.25) is 0 Å². The number of nitrogen functional groups attached to an aromatic ring is 1. The smallest absolute Gasteiger partial charge is 0.180 e. The van der Waals surface area contributed by atoms with Gasteiger partial charge in [0.15, 0.2) is 5.13 Å². The molecule has 0 aromatic carbocycles. The van der Waals surface area contributed by atoms with E-state index < -0.39 is 0 Å². The van der Waals surface area contributed by atoms with E-state index in [2.05, 4.69) is 14.9 Å². The van der Waals surface area contributed by atoms with Gasteiger partial charge in [-0.15, -0.1) is 11.3 Å². The van der Waals surface area contributed by atoms with Gasteiger partial charge in [0.25, 0.3) is 0 Å². The Hall–Kier alpha value is -1.40. The van der Waals surface area contributed by atoms with E-state index in [9.17, 15) is 0 Å². The summed E-state index contributed by atoms with van der Waals surface area (Å²) in [4.78, 5) is 10.7. The molecule has 0 amide bonds. The van der Waals surface area contributed by atoms with Crippen LogP contribution in [0.4, 0.5) is 5.13 Å². The number of aromatic nitrogens is 3. The molecule has 16 heavy (non-hydrogen) atoms. The van der Waals surface area contributed by atoms with Gasteiger partial charge in [0.1, 0.15) is 5.82 Å². The van der Waals surface area contributed by atoms with Crippen molar-refractivity contribution in [1.29, 1.82) is 0 Å². The Kier molecular flexibility index (Phi) is 3.21. The summed E-state index contributed by atoms with van der Waals surface area (Å²) in [6.07, 6.45) is 3.76. The lowest BCUT2D eigenvalue weighted by molar-refractivity contribution is 0.304. The second-order valence-corrected chi connectivity index (χ2v) is 4.69. The molecule has 0 saturated heterocycles. The van der Waals surface area contributed by atoms with E-state index in [-0.39, 0.29) is 0 Å². The molecule has 0 unspecified atom stereocenters. The van der Waals surface area contributed by atoms with Crippen molar-refractivity contribution >= 4 is 16.5 Å². The first-order valence-corrected chi connectivity index (χ1v) is 5.87. The maximum atomic E-state index is 5.59. The minimum Gasteiger partial charge on any atom is -0.375 e.